The van der Waals surface area contributed by atoms with Gasteiger partial charge in [-0.3, -0.25) is 4.98 Å². The molecule has 0 radical (unpaired) electrons. The number of benzene rings is 1. The van der Waals surface area contributed by atoms with Gasteiger partial charge in [0.15, 0.2) is 11.6 Å². The molecule has 7 heteroatoms. The van der Waals surface area contributed by atoms with Crippen LogP contribution in [0.15, 0.2) is 65.7 Å². The Hall–Kier alpha value is -3.61. The van der Waals surface area contributed by atoms with E-state index in [9.17, 15) is 0 Å². The van der Waals surface area contributed by atoms with E-state index in [2.05, 4.69) is 20.3 Å². The smallest absolute Gasteiger partial charge is 0.248 e. The number of furan rings is 1. The van der Waals surface area contributed by atoms with Crippen LogP contribution in [0.2, 0.25) is 0 Å². The number of para-hydroxylation sites is 1. The minimum absolute atomic E-state index is 0.273. The highest BCUT2D eigenvalue weighted by atomic mass is 16.5. The van der Waals surface area contributed by atoms with E-state index in [4.69, 9.17) is 14.9 Å². The predicted molar refractivity (Wildman–Crippen MR) is 94.3 cm³/mol. The number of nitrogens with two attached hydrogens (primary N) is 1. The lowest BCUT2D eigenvalue weighted by Crippen LogP contribution is -2.06. The fraction of sp³-hybridized carbons (Fsp3) is 0.0556. The van der Waals surface area contributed by atoms with Gasteiger partial charge in [-0.25, -0.2) is 4.98 Å². The second kappa shape index (κ2) is 6.48. The molecular formula is C18H15N5O2. The summed E-state index contributed by atoms with van der Waals surface area (Å²) < 4.78 is 11.2. The number of anilines is 2. The van der Waals surface area contributed by atoms with E-state index in [1.54, 1.807) is 12.5 Å². The summed E-state index contributed by atoms with van der Waals surface area (Å²) in [6.07, 6.45) is 4.73. The summed E-state index contributed by atoms with van der Waals surface area (Å²) in [7, 11) is 0. The maximum absolute atomic E-state index is 6.15. The van der Waals surface area contributed by atoms with Crippen molar-refractivity contribution in [3.63, 3.8) is 0 Å². The molecular weight excluding hydrogens is 318 g/mol. The number of fused-ring (bicyclic) bond motifs is 1. The monoisotopic (exact) mass is 333 g/mol. The average molecular weight is 333 g/mol. The fourth-order valence-corrected chi connectivity index (χ4v) is 2.45. The zero-order chi connectivity index (χ0) is 17.1. The van der Waals surface area contributed by atoms with Crippen LogP contribution in [0.25, 0.3) is 10.9 Å². The lowest BCUT2D eigenvalue weighted by Gasteiger charge is -2.12. The first-order valence-electron chi connectivity index (χ1n) is 7.69. The summed E-state index contributed by atoms with van der Waals surface area (Å²) in [6.45, 7) is 0.462. The molecule has 0 aliphatic carbocycles. The average Bonchev–Trinajstić information content (AvgIpc) is 3.16. The van der Waals surface area contributed by atoms with Crippen LogP contribution in [-0.4, -0.2) is 15.0 Å². The van der Waals surface area contributed by atoms with Gasteiger partial charge in [-0.05, 0) is 24.3 Å². The second-order valence-electron chi connectivity index (χ2n) is 5.31. The van der Waals surface area contributed by atoms with Crippen LogP contribution in [0.4, 0.5) is 11.5 Å². The summed E-state index contributed by atoms with van der Waals surface area (Å²) in [4.78, 5) is 12.7. The Morgan fingerprint density at radius 2 is 1.96 bits per heavy atom. The molecule has 0 bridgehead atoms. The number of nitrogens with one attached hydrogen (secondary N) is 1. The Morgan fingerprint density at radius 1 is 1.04 bits per heavy atom. The van der Waals surface area contributed by atoms with E-state index < -0.39 is 0 Å². The highest BCUT2D eigenvalue weighted by Gasteiger charge is 2.12. The number of nitrogen functional groups attached to an aromatic ring is 1. The molecule has 3 heterocycles. The molecule has 0 unspecified atom stereocenters. The van der Waals surface area contributed by atoms with E-state index in [1.807, 2.05) is 42.5 Å². The standard InChI is InChI=1S/C18H15N5O2/c19-15-17(21-10-13-6-3-9-24-13)22-11-23-18(15)25-14-7-1-4-12-5-2-8-20-16(12)14/h1-9,11H,10,19H2,(H,21,22,23). The molecule has 124 valence electrons. The number of aromatic nitrogens is 3. The van der Waals surface area contributed by atoms with E-state index >= 15 is 0 Å². The van der Waals surface area contributed by atoms with Crippen LogP contribution < -0.4 is 15.8 Å². The van der Waals surface area contributed by atoms with Crippen molar-refractivity contribution in [3.05, 3.63) is 67.0 Å². The van der Waals surface area contributed by atoms with Crippen LogP contribution >= 0.6 is 0 Å². The SMILES string of the molecule is Nc1c(NCc2ccco2)ncnc1Oc1cccc2cccnc12. The number of pyridine rings is 1. The van der Waals surface area contributed by atoms with Crippen molar-refractivity contribution in [2.24, 2.45) is 0 Å². The Balaban J connectivity index is 1.61. The van der Waals surface area contributed by atoms with Gasteiger partial charge in [0, 0.05) is 11.6 Å². The van der Waals surface area contributed by atoms with Crippen molar-refractivity contribution in [2.45, 2.75) is 6.54 Å². The Labute approximate surface area is 143 Å². The second-order valence-corrected chi connectivity index (χ2v) is 5.31. The number of nitrogens with zero attached hydrogens (tertiary/aromatic N) is 3. The maximum Gasteiger partial charge on any atom is 0.248 e. The molecule has 0 fully saturated rings. The summed E-state index contributed by atoms with van der Waals surface area (Å²) in [5.74, 6) is 2.11. The van der Waals surface area contributed by atoms with E-state index in [0.29, 0.717) is 23.8 Å². The molecule has 0 saturated carbocycles. The van der Waals surface area contributed by atoms with Crippen molar-refractivity contribution in [2.75, 3.05) is 11.1 Å². The molecule has 0 spiro atoms. The van der Waals surface area contributed by atoms with Crippen LogP contribution in [0, 0.1) is 0 Å². The van der Waals surface area contributed by atoms with Gasteiger partial charge in [-0.2, -0.15) is 4.98 Å². The molecule has 25 heavy (non-hydrogen) atoms. The van der Waals surface area contributed by atoms with Gasteiger partial charge in [-0.15, -0.1) is 0 Å². The van der Waals surface area contributed by atoms with Crippen molar-refractivity contribution in [3.8, 4) is 11.6 Å². The summed E-state index contributed by atoms with van der Waals surface area (Å²) in [6, 6.07) is 13.2. The highest BCUT2D eigenvalue weighted by molar-refractivity contribution is 5.84. The van der Waals surface area contributed by atoms with Crippen molar-refractivity contribution >= 4 is 22.4 Å². The van der Waals surface area contributed by atoms with Crippen LogP contribution in [0.3, 0.4) is 0 Å². The summed E-state index contributed by atoms with van der Waals surface area (Å²) in [5.41, 5.74) is 7.22. The first kappa shape index (κ1) is 14.9. The number of hydrogen-bond donors (Lipinski definition) is 2. The normalized spacial score (nSPS) is 10.7. The minimum Gasteiger partial charge on any atom is -0.467 e. The van der Waals surface area contributed by atoms with Crippen LogP contribution in [-0.2, 0) is 6.54 Å². The number of rotatable bonds is 5. The van der Waals surface area contributed by atoms with Crippen LogP contribution in [0.5, 0.6) is 11.6 Å². The third kappa shape index (κ3) is 3.07. The van der Waals surface area contributed by atoms with Gasteiger partial charge in [0.25, 0.3) is 0 Å². The van der Waals surface area contributed by atoms with Gasteiger partial charge in [0.05, 0.1) is 12.8 Å². The van der Waals surface area contributed by atoms with Crippen molar-refractivity contribution < 1.29 is 9.15 Å². The quantitative estimate of drug-likeness (QED) is 0.575. The molecule has 4 rings (SSSR count). The largest absolute Gasteiger partial charge is 0.467 e. The van der Waals surface area contributed by atoms with Crippen LogP contribution in [0.1, 0.15) is 5.76 Å². The predicted octanol–water partition coefficient (Wildman–Crippen LogP) is 3.60. The molecule has 1 aromatic carbocycles. The van der Waals surface area contributed by atoms with E-state index in [-0.39, 0.29) is 5.88 Å². The van der Waals surface area contributed by atoms with Crippen molar-refractivity contribution in [1.29, 1.82) is 0 Å². The number of ether oxygens (including phenoxy) is 1. The van der Waals surface area contributed by atoms with Gasteiger partial charge in [-0.1, -0.05) is 18.2 Å². The maximum atomic E-state index is 6.15. The van der Waals surface area contributed by atoms with Gasteiger partial charge in [0.2, 0.25) is 5.88 Å². The molecule has 0 aliphatic heterocycles. The molecule has 0 amide bonds. The van der Waals surface area contributed by atoms with E-state index in [1.165, 1.54) is 6.33 Å². The summed E-state index contributed by atoms with van der Waals surface area (Å²) >= 11 is 0. The molecule has 0 aliphatic rings. The lowest BCUT2D eigenvalue weighted by molar-refractivity contribution is 0.468. The molecule has 4 aromatic rings. The molecule has 3 N–H and O–H groups in total. The first-order valence-corrected chi connectivity index (χ1v) is 7.69. The van der Waals surface area contributed by atoms with Gasteiger partial charge in [0.1, 0.15) is 23.3 Å². The van der Waals surface area contributed by atoms with Gasteiger partial charge < -0.3 is 20.2 Å². The number of hydrogen-bond acceptors (Lipinski definition) is 7. The minimum atomic E-state index is 0.273. The third-order valence-electron chi connectivity index (χ3n) is 3.66. The molecule has 7 nitrogen and oxygen atoms in total. The zero-order valence-corrected chi connectivity index (χ0v) is 13.2. The molecule has 0 atom stereocenters. The fourth-order valence-electron chi connectivity index (χ4n) is 2.45. The van der Waals surface area contributed by atoms with Crippen molar-refractivity contribution in [1.82, 2.24) is 15.0 Å². The highest BCUT2D eigenvalue weighted by Crippen LogP contribution is 2.32. The Morgan fingerprint density at radius 3 is 2.84 bits per heavy atom. The van der Waals surface area contributed by atoms with Gasteiger partial charge >= 0.3 is 0 Å². The van der Waals surface area contributed by atoms with E-state index in [0.717, 1.165) is 16.7 Å². The Kier molecular flexibility index (Phi) is 3.88. The molecule has 0 saturated heterocycles. The topological polar surface area (TPSA) is 99.1 Å². The third-order valence-corrected chi connectivity index (χ3v) is 3.66. The Bertz CT molecular complexity index is 996. The molecule has 3 aromatic heterocycles. The lowest BCUT2D eigenvalue weighted by atomic mass is 10.2. The summed E-state index contributed by atoms with van der Waals surface area (Å²) in [5, 5.41) is 4.09. The first-order chi connectivity index (χ1) is 12.3. The zero-order valence-electron chi connectivity index (χ0n) is 13.2.